The van der Waals surface area contributed by atoms with Crippen LogP contribution in [-0.2, 0) is 13.1 Å². The summed E-state index contributed by atoms with van der Waals surface area (Å²) in [5, 5.41) is 3.04. The van der Waals surface area contributed by atoms with Gasteiger partial charge in [-0.2, -0.15) is 0 Å². The number of hydrogen-bond acceptors (Lipinski definition) is 4. The number of aromatic nitrogens is 2. The average Bonchev–Trinajstić information content (AvgIpc) is 2.65. The molecule has 3 rings (SSSR count). The summed E-state index contributed by atoms with van der Waals surface area (Å²) in [5.41, 5.74) is 5.65. The molecule has 0 bridgehead atoms. The Kier molecular flexibility index (Phi) is 5.94. The number of nitrogens with zero attached hydrogens (tertiary/aromatic N) is 3. The highest BCUT2D eigenvalue weighted by Crippen LogP contribution is 2.20. The van der Waals surface area contributed by atoms with Crippen LogP contribution in [0.25, 0.3) is 0 Å². The molecule has 1 N–H and O–H groups in total. The Morgan fingerprint density at radius 2 is 1.78 bits per heavy atom. The van der Waals surface area contributed by atoms with Crippen molar-refractivity contribution in [3.05, 3.63) is 89.0 Å². The van der Waals surface area contributed by atoms with Crippen LogP contribution >= 0.6 is 0 Å². The summed E-state index contributed by atoms with van der Waals surface area (Å²) < 4.78 is 0. The van der Waals surface area contributed by atoms with E-state index in [-0.39, 0.29) is 5.91 Å². The van der Waals surface area contributed by atoms with Crippen molar-refractivity contribution in [1.29, 1.82) is 0 Å². The lowest BCUT2D eigenvalue weighted by Gasteiger charge is -2.17. The standard InChI is InChI=1S/C22H24N4O/c1-16-6-4-7-17(2)21(16)25-22(27)19-9-5-8-18(12-19)14-26(3)15-20-13-23-10-11-24-20/h4-13H,14-15H2,1-3H3,(H,25,27). The van der Waals surface area contributed by atoms with Gasteiger partial charge in [-0.1, -0.05) is 30.3 Å². The molecule has 1 aromatic heterocycles. The van der Waals surface area contributed by atoms with Crippen LogP contribution in [0, 0.1) is 13.8 Å². The molecule has 0 aliphatic carbocycles. The van der Waals surface area contributed by atoms with Crippen LogP contribution in [0.1, 0.15) is 32.7 Å². The zero-order valence-corrected chi connectivity index (χ0v) is 15.9. The highest BCUT2D eigenvalue weighted by molar-refractivity contribution is 6.05. The highest BCUT2D eigenvalue weighted by atomic mass is 16.1. The van der Waals surface area contributed by atoms with Crippen molar-refractivity contribution in [3.8, 4) is 0 Å². The molecule has 0 spiro atoms. The van der Waals surface area contributed by atoms with E-state index in [1.54, 1.807) is 18.6 Å². The van der Waals surface area contributed by atoms with Crippen LogP contribution in [0.3, 0.4) is 0 Å². The van der Waals surface area contributed by atoms with Gasteiger partial charge in [0.1, 0.15) is 0 Å². The third-order valence-corrected chi connectivity index (χ3v) is 4.41. The molecular formula is C22H24N4O. The van der Waals surface area contributed by atoms with Gasteiger partial charge in [0.05, 0.1) is 5.69 Å². The maximum atomic E-state index is 12.7. The fourth-order valence-corrected chi connectivity index (χ4v) is 3.06. The number of carbonyl (C=O) groups excluding carboxylic acids is 1. The Hall–Kier alpha value is -3.05. The predicted octanol–water partition coefficient (Wildman–Crippen LogP) is 3.98. The summed E-state index contributed by atoms with van der Waals surface area (Å²) in [6.07, 6.45) is 5.13. The Bertz CT molecular complexity index is 904. The van der Waals surface area contributed by atoms with Gasteiger partial charge in [0.2, 0.25) is 0 Å². The molecule has 0 atom stereocenters. The zero-order valence-electron chi connectivity index (χ0n) is 15.9. The SMILES string of the molecule is Cc1cccc(C)c1NC(=O)c1cccc(CN(C)Cc2cnccn2)c1. The smallest absolute Gasteiger partial charge is 0.255 e. The van der Waals surface area contributed by atoms with E-state index in [4.69, 9.17) is 0 Å². The first-order chi connectivity index (χ1) is 13.0. The molecule has 5 nitrogen and oxygen atoms in total. The van der Waals surface area contributed by atoms with Crippen molar-refractivity contribution in [2.24, 2.45) is 0 Å². The van der Waals surface area contributed by atoms with E-state index in [1.165, 1.54) is 0 Å². The van der Waals surface area contributed by atoms with Gasteiger partial charge in [-0.05, 0) is 49.7 Å². The van der Waals surface area contributed by atoms with Gasteiger partial charge in [-0.25, -0.2) is 0 Å². The summed E-state index contributed by atoms with van der Waals surface area (Å²) in [7, 11) is 2.03. The highest BCUT2D eigenvalue weighted by Gasteiger charge is 2.11. The van der Waals surface area contributed by atoms with Gasteiger partial charge in [-0.3, -0.25) is 19.7 Å². The fourth-order valence-electron chi connectivity index (χ4n) is 3.06. The Morgan fingerprint density at radius 1 is 1.04 bits per heavy atom. The maximum absolute atomic E-state index is 12.7. The second-order valence-corrected chi connectivity index (χ2v) is 6.79. The molecule has 5 heteroatoms. The molecule has 0 saturated heterocycles. The zero-order chi connectivity index (χ0) is 19.2. The number of aryl methyl sites for hydroxylation is 2. The quantitative estimate of drug-likeness (QED) is 0.722. The maximum Gasteiger partial charge on any atom is 0.255 e. The lowest BCUT2D eigenvalue weighted by atomic mass is 10.1. The van der Waals surface area contributed by atoms with Crippen molar-refractivity contribution in [2.45, 2.75) is 26.9 Å². The van der Waals surface area contributed by atoms with Gasteiger partial charge in [0.25, 0.3) is 5.91 Å². The summed E-state index contributed by atoms with van der Waals surface area (Å²) in [4.78, 5) is 23.2. The summed E-state index contributed by atoms with van der Waals surface area (Å²) in [6.45, 7) is 5.43. The average molecular weight is 360 g/mol. The number of rotatable bonds is 6. The number of benzene rings is 2. The lowest BCUT2D eigenvalue weighted by Crippen LogP contribution is -2.19. The molecule has 138 valence electrons. The molecule has 1 heterocycles. The molecule has 1 amide bonds. The van der Waals surface area contributed by atoms with E-state index < -0.39 is 0 Å². The molecule has 2 aromatic carbocycles. The molecule has 3 aromatic rings. The van der Waals surface area contributed by atoms with Gasteiger partial charge in [0, 0.05) is 42.9 Å². The fraction of sp³-hybridized carbons (Fsp3) is 0.227. The number of anilines is 1. The first-order valence-corrected chi connectivity index (χ1v) is 8.93. The van der Waals surface area contributed by atoms with Crippen LogP contribution in [0.2, 0.25) is 0 Å². The van der Waals surface area contributed by atoms with Crippen LogP contribution in [-0.4, -0.2) is 27.8 Å². The van der Waals surface area contributed by atoms with E-state index in [2.05, 4.69) is 20.2 Å². The van der Waals surface area contributed by atoms with Crippen LogP contribution < -0.4 is 5.32 Å². The topological polar surface area (TPSA) is 58.1 Å². The number of para-hydroxylation sites is 1. The Balaban J connectivity index is 1.68. The van der Waals surface area contributed by atoms with Gasteiger partial charge in [-0.15, -0.1) is 0 Å². The largest absolute Gasteiger partial charge is 0.322 e. The lowest BCUT2D eigenvalue weighted by molar-refractivity contribution is 0.102. The van der Waals surface area contributed by atoms with Crippen molar-refractivity contribution in [3.63, 3.8) is 0 Å². The summed E-state index contributed by atoms with van der Waals surface area (Å²) >= 11 is 0. The second kappa shape index (κ2) is 8.56. The number of carbonyl (C=O) groups is 1. The molecule has 27 heavy (non-hydrogen) atoms. The van der Waals surface area contributed by atoms with Crippen LogP contribution in [0.5, 0.6) is 0 Å². The van der Waals surface area contributed by atoms with Gasteiger partial charge < -0.3 is 5.32 Å². The third kappa shape index (κ3) is 4.99. The van der Waals surface area contributed by atoms with Crippen LogP contribution in [0.15, 0.2) is 61.1 Å². The molecule has 0 aliphatic rings. The van der Waals surface area contributed by atoms with E-state index in [0.717, 1.165) is 34.6 Å². The molecule has 0 aliphatic heterocycles. The third-order valence-electron chi connectivity index (χ3n) is 4.41. The van der Waals surface area contributed by atoms with E-state index >= 15 is 0 Å². The van der Waals surface area contributed by atoms with Gasteiger partial charge in [0.15, 0.2) is 0 Å². The number of hydrogen-bond donors (Lipinski definition) is 1. The van der Waals surface area contributed by atoms with E-state index in [9.17, 15) is 4.79 Å². The van der Waals surface area contributed by atoms with Crippen molar-refractivity contribution in [1.82, 2.24) is 14.9 Å². The minimum atomic E-state index is -0.0918. The van der Waals surface area contributed by atoms with Crippen molar-refractivity contribution in [2.75, 3.05) is 12.4 Å². The van der Waals surface area contributed by atoms with E-state index in [0.29, 0.717) is 12.1 Å². The molecular weight excluding hydrogens is 336 g/mol. The van der Waals surface area contributed by atoms with Crippen LogP contribution in [0.4, 0.5) is 5.69 Å². The Labute approximate surface area is 160 Å². The molecule has 0 fully saturated rings. The number of nitrogens with one attached hydrogen (secondary N) is 1. The number of amides is 1. The first-order valence-electron chi connectivity index (χ1n) is 8.93. The van der Waals surface area contributed by atoms with Crippen molar-refractivity contribution >= 4 is 11.6 Å². The normalized spacial score (nSPS) is 10.8. The minimum Gasteiger partial charge on any atom is -0.322 e. The monoisotopic (exact) mass is 360 g/mol. The second-order valence-electron chi connectivity index (χ2n) is 6.79. The summed E-state index contributed by atoms with van der Waals surface area (Å²) in [5.74, 6) is -0.0918. The predicted molar refractivity (Wildman–Crippen MR) is 108 cm³/mol. The first kappa shape index (κ1) is 18.7. The minimum absolute atomic E-state index is 0.0918. The molecule has 0 radical (unpaired) electrons. The van der Waals surface area contributed by atoms with Crippen molar-refractivity contribution < 1.29 is 4.79 Å². The summed E-state index contributed by atoms with van der Waals surface area (Å²) in [6, 6.07) is 13.7. The molecule has 0 saturated carbocycles. The molecule has 0 unspecified atom stereocenters. The van der Waals surface area contributed by atoms with Gasteiger partial charge >= 0.3 is 0 Å². The Morgan fingerprint density at radius 3 is 2.48 bits per heavy atom. The van der Waals surface area contributed by atoms with E-state index in [1.807, 2.05) is 63.4 Å².